The third kappa shape index (κ3) is 36.5. The van der Waals surface area contributed by atoms with Gasteiger partial charge in [-0.1, -0.05) is 263 Å². The highest BCUT2D eigenvalue weighted by atomic mass is 16.6. The van der Waals surface area contributed by atoms with Crippen LogP contribution in [0.3, 0.4) is 0 Å². The molecule has 0 saturated carbocycles. The van der Waals surface area contributed by atoms with Crippen molar-refractivity contribution >= 4 is 24.0 Å². The summed E-state index contributed by atoms with van der Waals surface area (Å²) in [7, 11) is 0. The highest BCUT2D eigenvalue weighted by Crippen LogP contribution is 2.34. The van der Waals surface area contributed by atoms with E-state index >= 15 is 0 Å². The van der Waals surface area contributed by atoms with Crippen molar-refractivity contribution in [2.24, 2.45) is 23.5 Å². The van der Waals surface area contributed by atoms with Crippen LogP contribution in [0.1, 0.15) is 158 Å². The largest absolute Gasteiger partial charge is 0.489 e. The summed E-state index contributed by atoms with van der Waals surface area (Å²) in [5, 5.41) is 12.5. The van der Waals surface area contributed by atoms with Crippen LogP contribution in [0.15, 0.2) is 309 Å². The minimum absolute atomic E-state index is 0.0119. The number of hydrogen-bond acceptors (Lipinski definition) is 18. The third-order valence-electron chi connectivity index (χ3n) is 24.5. The number of nitrogens with one attached hydrogen (secondary N) is 1. The Hall–Kier alpha value is -12.8. The molecule has 0 spiro atoms. The van der Waals surface area contributed by atoms with Crippen LogP contribution in [0.25, 0.3) is 0 Å². The summed E-state index contributed by atoms with van der Waals surface area (Å²) in [6.45, 7) is 34.7. The first kappa shape index (κ1) is 109. The number of carbonyl (C=O) groups excluding carboxylic acids is 4. The molecule has 22 heteroatoms. The molecule has 9 aromatic rings. The van der Waals surface area contributed by atoms with Crippen molar-refractivity contribution in [1.29, 1.82) is 0 Å². The maximum Gasteiger partial charge on any atom is 0.410 e. The standard InChI is InChI=1S/C27H35NO3.C26H34N2O3.C26H33NO4.C21H25NO2.C18H25NO4/c1-5-22-12-9-10-16-26(22)30-17-11-13-23-18-25(31-24-14-7-6-8-15-24)19-28(23)27(29)21(4)20(2)3;1-4-20-11-8-9-15-24(20)30-16-10-12-21-17-23(31-22-13-6-5-7-14-22)18-28(21)26(29)25(27)19(2)3;1-5-20-12-9-10-16-24(20)29-17-11-13-21-18-23(30-22-14-7-6-8-15-22)19-27(21)25(28)31-26(2,3)4;1-2-17-9-6-7-13-21(17)23-14-8-10-18-15-20(16-22-18)24-19-11-4-3-5-12-19;1-18(2,3)23-17(21)19-13-16(12-14(19)8-7-11-20)22-15-9-5-4-6-10-15/h6-16,20-21,23,25H,5,17-19H2,1-4H3;5-15,19,21,23,25H,4,16-18,27H2,1-3H3;6-16,21,23H,5,17-19H2,1-4H3;3-13,18,20,22H,2,14-16H2,1H3;4-10,14,16,20H,11-13H2,1-3H3/b13-11+;12-10+;13-11+;10-8+;8-7+/t21-,23+,25-;21-,23+,25+;21-,23+;18-,20+;14-,16+/m01111/s1. The van der Waals surface area contributed by atoms with Crippen molar-refractivity contribution in [3.05, 3.63) is 332 Å². The molecule has 0 aliphatic carbocycles. The summed E-state index contributed by atoms with van der Waals surface area (Å²) in [5.74, 6) is 8.45. The average molecular weight is 1910 g/mol. The number of para-hydroxylation sites is 9. The zero-order chi connectivity index (χ0) is 100. The van der Waals surface area contributed by atoms with Gasteiger partial charge in [-0.15, -0.1) is 0 Å². The number of hydrogen-bond donors (Lipinski definition) is 3. The molecule has 140 heavy (non-hydrogen) atoms. The molecule has 0 aromatic heterocycles. The first-order valence-corrected chi connectivity index (χ1v) is 50.0. The van der Waals surface area contributed by atoms with Crippen LogP contribution in [0.5, 0.6) is 51.7 Å². The molecule has 0 unspecified atom stereocenters. The van der Waals surface area contributed by atoms with Gasteiger partial charge in [0.15, 0.2) is 0 Å². The Morgan fingerprint density at radius 2 is 0.614 bits per heavy atom. The lowest BCUT2D eigenvalue weighted by molar-refractivity contribution is -0.136. The fourth-order valence-electron chi connectivity index (χ4n) is 16.8. The molecule has 5 fully saturated rings. The second-order valence-electron chi connectivity index (χ2n) is 38.2. The Bertz CT molecular complexity index is 5150. The first-order valence-electron chi connectivity index (χ1n) is 50.0. The smallest absolute Gasteiger partial charge is 0.410 e. The van der Waals surface area contributed by atoms with E-state index in [1.54, 1.807) is 15.9 Å². The van der Waals surface area contributed by atoms with Crippen LogP contribution in [0.2, 0.25) is 0 Å². The van der Waals surface area contributed by atoms with Crippen LogP contribution in [0.4, 0.5) is 9.59 Å². The van der Waals surface area contributed by atoms with Crippen molar-refractivity contribution in [1.82, 2.24) is 24.9 Å². The average Bonchev–Trinajstić information content (AvgIpc) is 1.70. The molecule has 12 atom stereocenters. The summed E-state index contributed by atoms with van der Waals surface area (Å²) >= 11 is 0. The van der Waals surface area contributed by atoms with E-state index in [1.165, 1.54) is 22.3 Å². The highest BCUT2D eigenvalue weighted by Gasteiger charge is 2.42. The van der Waals surface area contributed by atoms with Crippen molar-refractivity contribution in [2.75, 3.05) is 65.8 Å². The van der Waals surface area contributed by atoms with Crippen molar-refractivity contribution in [2.45, 2.75) is 240 Å². The van der Waals surface area contributed by atoms with Gasteiger partial charge in [-0.05, 0) is 211 Å². The van der Waals surface area contributed by atoms with Gasteiger partial charge in [0.05, 0.1) is 63.0 Å². The maximum atomic E-state index is 13.1. The van der Waals surface area contributed by atoms with Gasteiger partial charge in [-0.2, -0.15) is 0 Å². The zero-order valence-electron chi connectivity index (χ0n) is 84.9. The van der Waals surface area contributed by atoms with Gasteiger partial charge in [-0.3, -0.25) is 19.4 Å². The second-order valence-corrected chi connectivity index (χ2v) is 38.2. The molecule has 22 nitrogen and oxygen atoms in total. The molecule has 750 valence electrons. The lowest BCUT2D eigenvalue weighted by Gasteiger charge is -2.27. The van der Waals surface area contributed by atoms with Crippen molar-refractivity contribution < 1.29 is 76.4 Å². The summed E-state index contributed by atoms with van der Waals surface area (Å²) < 4.78 is 65.1. The predicted molar refractivity (Wildman–Crippen MR) is 558 cm³/mol. The van der Waals surface area contributed by atoms with Crippen LogP contribution in [0, 0.1) is 17.8 Å². The Balaban J connectivity index is 0.000000181. The van der Waals surface area contributed by atoms with E-state index in [0.29, 0.717) is 77.4 Å². The van der Waals surface area contributed by atoms with Gasteiger partial charge in [0.25, 0.3) is 0 Å². The lowest BCUT2D eigenvalue weighted by atomic mass is 9.96. The molecule has 5 saturated heterocycles. The molecule has 5 aliphatic heterocycles. The second kappa shape index (κ2) is 57.1. The van der Waals surface area contributed by atoms with Gasteiger partial charge in [0.2, 0.25) is 11.8 Å². The number of benzene rings is 9. The third-order valence-corrected chi connectivity index (χ3v) is 24.5. The van der Waals surface area contributed by atoms with Gasteiger partial charge in [-0.25, -0.2) is 9.59 Å². The molecule has 5 heterocycles. The minimum Gasteiger partial charge on any atom is -0.489 e. The first-order chi connectivity index (χ1) is 67.6. The molecule has 0 bridgehead atoms. The topological polar surface area (TPSA) is 241 Å². The molecule has 9 aromatic carbocycles. The molecular weight excluding hydrogens is 1760 g/mol. The number of rotatable bonds is 36. The summed E-state index contributed by atoms with van der Waals surface area (Å²) in [6, 6.07) is 80.9. The fraction of sp³-hybridized carbons (Fsp3) is 0.424. The van der Waals surface area contributed by atoms with E-state index < -0.39 is 17.2 Å². The molecule has 4 amide bonds. The number of aliphatic hydroxyl groups excluding tert-OH is 1. The molecule has 0 radical (unpaired) electrons. The van der Waals surface area contributed by atoms with E-state index in [0.717, 1.165) is 103 Å². The number of likely N-dealkylation sites (tertiary alicyclic amines) is 4. The number of nitrogens with two attached hydrogens (primary N) is 1. The number of ether oxygens (including phenoxy) is 11. The number of aliphatic hydroxyl groups is 1. The van der Waals surface area contributed by atoms with Gasteiger partial charge < -0.3 is 78.1 Å². The number of amides is 4. The van der Waals surface area contributed by atoms with E-state index in [2.05, 4.69) is 95.4 Å². The Labute approximate surface area is 832 Å². The summed E-state index contributed by atoms with van der Waals surface area (Å²) in [6.07, 6.45) is 26.9. The Morgan fingerprint density at radius 1 is 0.350 bits per heavy atom. The van der Waals surface area contributed by atoms with Gasteiger partial charge in [0, 0.05) is 50.6 Å². The molecule has 4 N–H and O–H groups in total. The monoisotopic (exact) mass is 1910 g/mol. The Kier molecular flexibility index (Phi) is 44.5. The van der Waals surface area contributed by atoms with E-state index in [-0.39, 0.29) is 97.1 Å². The molecular formula is C118H152N6O16. The normalized spacial score (nSPS) is 20.0. The predicted octanol–water partition coefficient (Wildman–Crippen LogP) is 22.4. The SMILES string of the molecule is CC(C)(C)OC(=O)N1C[C@@H](Oc2ccccc2)C[C@H]1/C=C/CO.CCc1ccccc1OC/C=C/[C@@H]1C[C@H](Oc2ccccc2)CN1.CCc1ccccc1OC/C=C/[C@@H]1C[C@H](Oc2ccccc2)CN1C(=O)OC(C)(C)C.CCc1ccccc1OC/C=C/[C@@H]1C[C@H](Oc2ccccc2)CN1C(=O)[C@@H](C)C(C)C.CCc1ccccc1OC/C=C/[C@@H]1C[C@H](Oc2ccccc2)CN1C(=O)[C@@H](N)C(C)C. The lowest BCUT2D eigenvalue weighted by Crippen LogP contribution is -2.48. The van der Waals surface area contributed by atoms with Crippen LogP contribution in [-0.4, -0.2) is 192 Å². The van der Waals surface area contributed by atoms with E-state index in [1.807, 2.05) is 327 Å². The van der Waals surface area contributed by atoms with Gasteiger partial charge >= 0.3 is 12.2 Å². The highest BCUT2D eigenvalue weighted by molar-refractivity contribution is 5.83. The van der Waals surface area contributed by atoms with E-state index in [9.17, 15) is 19.2 Å². The van der Waals surface area contributed by atoms with Gasteiger partial charge in [0.1, 0.15) is 120 Å². The minimum atomic E-state index is -0.545. The van der Waals surface area contributed by atoms with Crippen LogP contribution in [-0.2, 0) is 44.7 Å². The Morgan fingerprint density at radius 3 is 0.900 bits per heavy atom. The number of aryl methyl sites for hydroxylation is 4. The fourth-order valence-corrected chi connectivity index (χ4v) is 16.8. The van der Waals surface area contributed by atoms with Crippen LogP contribution < -0.4 is 53.7 Å². The summed E-state index contributed by atoms with van der Waals surface area (Å²) in [5.41, 5.74) is 9.92. The van der Waals surface area contributed by atoms with Crippen molar-refractivity contribution in [3.8, 4) is 51.7 Å². The number of nitrogens with zero attached hydrogens (tertiary/aromatic N) is 4. The van der Waals surface area contributed by atoms with Crippen molar-refractivity contribution in [3.63, 3.8) is 0 Å². The number of carbonyl (C=O) groups is 4. The van der Waals surface area contributed by atoms with Crippen LogP contribution >= 0.6 is 0 Å². The zero-order valence-corrected chi connectivity index (χ0v) is 84.9. The van der Waals surface area contributed by atoms with E-state index in [4.69, 9.17) is 62.9 Å². The molecule has 5 aliphatic rings. The summed E-state index contributed by atoms with van der Waals surface area (Å²) in [4.78, 5) is 58.6. The molecule has 14 rings (SSSR count). The maximum absolute atomic E-state index is 13.1. The quantitative estimate of drug-likeness (QED) is 0.0309.